The van der Waals surface area contributed by atoms with E-state index in [9.17, 15) is 15.2 Å². The summed E-state index contributed by atoms with van der Waals surface area (Å²) >= 11 is 0. The number of hydrogen-bond acceptors (Lipinski definition) is 10. The molecule has 3 saturated heterocycles. The van der Waals surface area contributed by atoms with E-state index in [-0.39, 0.29) is 17.6 Å². The number of aromatic nitrogens is 3. The molecule has 1 amide bonds. The van der Waals surface area contributed by atoms with Crippen molar-refractivity contribution in [1.29, 1.82) is 5.26 Å². The third-order valence-electron chi connectivity index (χ3n) is 8.62. The van der Waals surface area contributed by atoms with Crippen molar-refractivity contribution in [3.05, 3.63) is 54.4 Å². The van der Waals surface area contributed by atoms with Gasteiger partial charge < -0.3 is 29.7 Å². The summed E-state index contributed by atoms with van der Waals surface area (Å²) in [6.07, 6.45) is 0.665. The molecule has 12 nitrogen and oxygen atoms in total. The Morgan fingerprint density at radius 2 is 1.82 bits per heavy atom. The monoisotopic (exact) mass is 598 g/mol. The Labute approximate surface area is 257 Å². The summed E-state index contributed by atoms with van der Waals surface area (Å²) in [5.74, 6) is 1.22. The van der Waals surface area contributed by atoms with Crippen molar-refractivity contribution in [3.63, 3.8) is 0 Å². The number of ether oxygens (including phenoxy) is 2. The van der Waals surface area contributed by atoms with Gasteiger partial charge in [0.15, 0.2) is 5.82 Å². The molecule has 2 N–H and O–H groups in total. The summed E-state index contributed by atoms with van der Waals surface area (Å²) in [6.45, 7) is 12.2. The highest BCUT2D eigenvalue weighted by Gasteiger charge is 2.45. The van der Waals surface area contributed by atoms with Crippen molar-refractivity contribution >= 4 is 23.4 Å². The first-order chi connectivity index (χ1) is 21.2. The number of anilines is 3. The Morgan fingerprint density at radius 3 is 2.45 bits per heavy atom. The van der Waals surface area contributed by atoms with Gasteiger partial charge in [-0.3, -0.25) is 4.90 Å². The standard InChI is InChI=1S/C32H38N8O4/c1-32(2,3)28-27(10-11-40(28)31(41)42)44-26-9-4-21(16-22(26)17-33)29-34-20-35-30(37-29)36-23-5-7-24(8-6-23)38-12-14-39(15-13-38)25-18-43-19-25/h4-9,16,20,25,27-28H,10-15,18-19H2,1-3H3,(H,41,42)(H,34,35,36,37)/t27-,28+/m1/s1. The average molecular weight is 599 g/mol. The number of piperazine rings is 1. The van der Waals surface area contributed by atoms with Crippen LogP contribution in [0.5, 0.6) is 5.75 Å². The van der Waals surface area contributed by atoms with Crippen LogP contribution >= 0.6 is 0 Å². The average Bonchev–Trinajstić information content (AvgIpc) is 3.42. The molecule has 6 rings (SSSR count). The Kier molecular flexibility index (Phi) is 8.25. The normalized spacial score (nSPS) is 21.0. The molecule has 0 saturated carbocycles. The number of benzene rings is 2. The largest absolute Gasteiger partial charge is 0.487 e. The van der Waals surface area contributed by atoms with Crippen LogP contribution in [0.3, 0.4) is 0 Å². The van der Waals surface area contributed by atoms with E-state index in [0.717, 1.165) is 45.1 Å². The molecule has 2 atom stereocenters. The zero-order valence-electron chi connectivity index (χ0n) is 25.3. The maximum absolute atomic E-state index is 11.8. The minimum absolute atomic E-state index is 0.330. The second-order valence-electron chi connectivity index (χ2n) is 12.6. The lowest BCUT2D eigenvalue weighted by Crippen LogP contribution is -2.56. The highest BCUT2D eigenvalue weighted by molar-refractivity contribution is 5.66. The van der Waals surface area contributed by atoms with Gasteiger partial charge in [-0.05, 0) is 47.9 Å². The summed E-state index contributed by atoms with van der Waals surface area (Å²) in [7, 11) is 0. The number of amides is 1. The molecule has 230 valence electrons. The van der Waals surface area contributed by atoms with E-state index in [1.54, 1.807) is 18.2 Å². The first-order valence-electron chi connectivity index (χ1n) is 15.0. The zero-order chi connectivity index (χ0) is 30.8. The molecule has 0 aliphatic carbocycles. The predicted molar refractivity (Wildman–Crippen MR) is 165 cm³/mol. The minimum Gasteiger partial charge on any atom is -0.487 e. The van der Waals surface area contributed by atoms with Crippen LogP contribution in [0.1, 0.15) is 32.8 Å². The third-order valence-corrected chi connectivity index (χ3v) is 8.62. The second-order valence-corrected chi connectivity index (χ2v) is 12.6. The maximum Gasteiger partial charge on any atom is 0.407 e. The van der Waals surface area contributed by atoms with E-state index in [0.29, 0.717) is 47.7 Å². The topological polar surface area (TPSA) is 140 Å². The third kappa shape index (κ3) is 6.25. The summed E-state index contributed by atoms with van der Waals surface area (Å²) in [5, 5.41) is 22.9. The molecule has 3 aliphatic heterocycles. The fourth-order valence-corrected chi connectivity index (χ4v) is 6.31. The fraction of sp³-hybridized carbons (Fsp3) is 0.469. The SMILES string of the molecule is CC(C)(C)[C@@H]1[C@H](Oc2ccc(-c3ncnc(Nc4ccc(N5CCN(C6COC6)CC5)cc4)n3)cc2C#N)CCN1C(=O)O. The van der Waals surface area contributed by atoms with Crippen LogP contribution in [0.4, 0.5) is 22.1 Å². The molecular formula is C32H38N8O4. The lowest BCUT2D eigenvalue weighted by Gasteiger charge is -2.43. The van der Waals surface area contributed by atoms with Crippen LogP contribution in [0.25, 0.3) is 11.4 Å². The number of nitriles is 1. The summed E-state index contributed by atoms with van der Waals surface area (Å²) in [5.41, 5.74) is 2.69. The minimum atomic E-state index is -0.962. The number of nitrogens with zero attached hydrogens (tertiary/aromatic N) is 7. The van der Waals surface area contributed by atoms with Crippen molar-refractivity contribution in [2.45, 2.75) is 45.4 Å². The summed E-state index contributed by atoms with van der Waals surface area (Å²) in [6, 6.07) is 15.9. The number of carboxylic acid groups (broad SMARTS) is 1. The summed E-state index contributed by atoms with van der Waals surface area (Å²) < 4.78 is 11.6. The summed E-state index contributed by atoms with van der Waals surface area (Å²) in [4.78, 5) is 31.4. The van der Waals surface area contributed by atoms with Gasteiger partial charge in [-0.2, -0.15) is 10.2 Å². The molecule has 12 heteroatoms. The first-order valence-corrected chi connectivity index (χ1v) is 15.0. The van der Waals surface area contributed by atoms with Crippen molar-refractivity contribution < 1.29 is 19.4 Å². The van der Waals surface area contributed by atoms with E-state index in [1.807, 2.05) is 32.9 Å². The van der Waals surface area contributed by atoms with Crippen LogP contribution in [0.15, 0.2) is 48.8 Å². The molecule has 3 aromatic rings. The molecule has 44 heavy (non-hydrogen) atoms. The van der Waals surface area contributed by atoms with E-state index in [1.165, 1.54) is 16.9 Å². The highest BCUT2D eigenvalue weighted by Crippen LogP contribution is 2.36. The molecule has 0 unspecified atom stereocenters. The predicted octanol–water partition coefficient (Wildman–Crippen LogP) is 4.22. The van der Waals surface area contributed by atoms with Gasteiger partial charge in [0, 0.05) is 56.1 Å². The van der Waals surface area contributed by atoms with E-state index >= 15 is 0 Å². The highest BCUT2D eigenvalue weighted by atomic mass is 16.5. The van der Waals surface area contributed by atoms with Crippen molar-refractivity contribution in [3.8, 4) is 23.2 Å². The Morgan fingerprint density at radius 1 is 1.07 bits per heavy atom. The van der Waals surface area contributed by atoms with Gasteiger partial charge in [0.05, 0.1) is 30.9 Å². The van der Waals surface area contributed by atoms with Gasteiger partial charge >= 0.3 is 6.09 Å². The lowest BCUT2D eigenvalue weighted by atomic mass is 9.84. The van der Waals surface area contributed by atoms with Crippen molar-refractivity contribution in [2.24, 2.45) is 5.41 Å². The van der Waals surface area contributed by atoms with Crippen LogP contribution in [0.2, 0.25) is 0 Å². The molecule has 1 aromatic heterocycles. The van der Waals surface area contributed by atoms with Crippen molar-refractivity contribution in [1.82, 2.24) is 24.8 Å². The van der Waals surface area contributed by atoms with Gasteiger partial charge in [0.2, 0.25) is 5.95 Å². The number of nitrogens with one attached hydrogen (secondary N) is 1. The Hall–Kier alpha value is -4.47. The molecule has 4 heterocycles. The van der Waals surface area contributed by atoms with Gasteiger partial charge in [-0.15, -0.1) is 0 Å². The zero-order valence-corrected chi connectivity index (χ0v) is 25.3. The van der Waals surface area contributed by atoms with Gasteiger partial charge in [0.1, 0.15) is 24.3 Å². The van der Waals surface area contributed by atoms with E-state index in [2.05, 4.69) is 48.3 Å². The van der Waals surface area contributed by atoms with Gasteiger partial charge in [-0.25, -0.2) is 14.8 Å². The van der Waals surface area contributed by atoms with Gasteiger partial charge in [-0.1, -0.05) is 20.8 Å². The quantitative estimate of drug-likeness (QED) is 0.404. The smallest absolute Gasteiger partial charge is 0.407 e. The fourth-order valence-electron chi connectivity index (χ4n) is 6.31. The van der Waals surface area contributed by atoms with Crippen LogP contribution < -0.4 is 15.0 Å². The molecule has 0 spiro atoms. The maximum atomic E-state index is 11.8. The second kappa shape index (κ2) is 12.3. The molecule has 3 aliphatic rings. The van der Waals surface area contributed by atoms with E-state index in [4.69, 9.17) is 9.47 Å². The number of carbonyl (C=O) groups is 1. The molecule has 2 aromatic carbocycles. The van der Waals surface area contributed by atoms with Crippen LogP contribution in [-0.4, -0.2) is 100 Å². The number of rotatable bonds is 7. The first kappa shape index (κ1) is 29.6. The molecule has 0 radical (unpaired) electrons. The molecular weight excluding hydrogens is 560 g/mol. The molecule has 0 bridgehead atoms. The van der Waals surface area contributed by atoms with Crippen LogP contribution in [0, 0.1) is 16.7 Å². The molecule has 3 fully saturated rings. The lowest BCUT2D eigenvalue weighted by molar-refractivity contribution is -0.0660. The van der Waals surface area contributed by atoms with E-state index < -0.39 is 6.09 Å². The van der Waals surface area contributed by atoms with Gasteiger partial charge in [0.25, 0.3) is 0 Å². The van der Waals surface area contributed by atoms with Crippen molar-refractivity contribution in [2.75, 3.05) is 56.2 Å². The van der Waals surface area contributed by atoms with Crippen LogP contribution in [-0.2, 0) is 4.74 Å². The Bertz CT molecular complexity index is 1520. The number of hydrogen-bond donors (Lipinski definition) is 2. The Balaban J connectivity index is 1.12. The number of likely N-dealkylation sites (tertiary alicyclic amines) is 1.